The quantitative estimate of drug-likeness (QED) is 0.256. The fourth-order valence-electron chi connectivity index (χ4n) is 3.85. The molecule has 3 aromatic rings. The Kier molecular flexibility index (Phi) is 8.26. The predicted octanol–water partition coefficient (Wildman–Crippen LogP) is 4.59. The van der Waals surface area contributed by atoms with Gasteiger partial charge in [0.25, 0.3) is 11.5 Å². The fraction of sp³-hybridized carbons (Fsp3) is 0.385. The van der Waals surface area contributed by atoms with Gasteiger partial charge in [-0.2, -0.15) is 0 Å². The van der Waals surface area contributed by atoms with Gasteiger partial charge in [-0.3, -0.25) is 19.0 Å². The van der Waals surface area contributed by atoms with Crippen LogP contribution < -0.4 is 10.9 Å². The third kappa shape index (κ3) is 6.31. The van der Waals surface area contributed by atoms with Crippen LogP contribution >= 0.6 is 23.4 Å². The second-order valence-electron chi connectivity index (χ2n) is 9.00. The average Bonchev–Trinajstić information content (AvgIpc) is 3.36. The summed E-state index contributed by atoms with van der Waals surface area (Å²) < 4.78 is 7.35. The molecular formula is C26H28ClN3O4S. The topological polar surface area (TPSA) is 90.3 Å². The van der Waals surface area contributed by atoms with E-state index >= 15 is 0 Å². The van der Waals surface area contributed by atoms with E-state index in [9.17, 15) is 14.4 Å². The minimum Gasteiger partial charge on any atom is -0.376 e. The standard InChI is InChI=1S/C26H28ClN3O4S/c1-16(2)13-28-24(32)18-7-10-21-22(12-18)29-26(30(25(21)33)14-20-4-3-11-34-20)35-15-23(31)17-5-8-19(27)9-6-17/h5-10,12,16,20H,3-4,11,13-15H2,1-2H3,(H,28,32)/t20-/m0/s1. The zero-order valence-corrected chi connectivity index (χ0v) is 21.3. The number of nitrogens with one attached hydrogen (secondary N) is 1. The van der Waals surface area contributed by atoms with Crippen molar-refractivity contribution in [1.29, 1.82) is 0 Å². The van der Waals surface area contributed by atoms with Crippen LogP contribution in [0.3, 0.4) is 0 Å². The molecule has 0 unspecified atom stereocenters. The van der Waals surface area contributed by atoms with Crippen LogP contribution in [0.4, 0.5) is 0 Å². The molecule has 1 saturated heterocycles. The number of ether oxygens (including phenoxy) is 1. The van der Waals surface area contributed by atoms with Crippen molar-refractivity contribution in [2.24, 2.45) is 5.92 Å². The molecular weight excluding hydrogens is 486 g/mol. The summed E-state index contributed by atoms with van der Waals surface area (Å²) in [5.74, 6) is 0.132. The number of aromatic nitrogens is 2. The maximum atomic E-state index is 13.4. The maximum Gasteiger partial charge on any atom is 0.262 e. The first-order valence-corrected chi connectivity index (χ1v) is 13.0. The third-order valence-corrected chi connectivity index (χ3v) is 6.99. The first-order valence-electron chi connectivity index (χ1n) is 11.7. The van der Waals surface area contributed by atoms with E-state index in [-0.39, 0.29) is 29.1 Å². The van der Waals surface area contributed by atoms with Crippen molar-refractivity contribution in [3.8, 4) is 0 Å². The summed E-state index contributed by atoms with van der Waals surface area (Å²) in [5, 5.41) is 4.31. The number of carbonyl (C=O) groups is 2. The molecule has 0 radical (unpaired) electrons. The van der Waals surface area contributed by atoms with E-state index in [1.165, 1.54) is 11.8 Å². The van der Waals surface area contributed by atoms with Gasteiger partial charge in [-0.15, -0.1) is 0 Å². The van der Waals surface area contributed by atoms with Crippen LogP contribution in [0.25, 0.3) is 10.9 Å². The van der Waals surface area contributed by atoms with Crippen molar-refractivity contribution in [3.63, 3.8) is 0 Å². The Labute approximate surface area is 213 Å². The molecule has 7 nitrogen and oxygen atoms in total. The second kappa shape index (κ2) is 11.4. The highest BCUT2D eigenvalue weighted by molar-refractivity contribution is 7.99. The monoisotopic (exact) mass is 513 g/mol. The van der Waals surface area contributed by atoms with Gasteiger partial charge < -0.3 is 10.1 Å². The predicted molar refractivity (Wildman–Crippen MR) is 139 cm³/mol. The number of hydrogen-bond donors (Lipinski definition) is 1. The smallest absolute Gasteiger partial charge is 0.262 e. The Morgan fingerprint density at radius 3 is 2.63 bits per heavy atom. The molecule has 1 aliphatic rings. The lowest BCUT2D eigenvalue weighted by atomic mass is 10.1. The molecule has 184 valence electrons. The lowest BCUT2D eigenvalue weighted by molar-refractivity contribution is 0.0937. The van der Waals surface area contributed by atoms with E-state index in [0.29, 0.717) is 57.8 Å². The SMILES string of the molecule is CC(C)CNC(=O)c1ccc2c(=O)n(C[C@@H]3CCCO3)c(SCC(=O)c3ccc(Cl)cc3)nc2c1. The van der Waals surface area contributed by atoms with E-state index in [1.807, 2.05) is 13.8 Å². The number of fused-ring (bicyclic) bond motifs is 1. The Morgan fingerprint density at radius 1 is 1.20 bits per heavy atom. The van der Waals surface area contributed by atoms with Gasteiger partial charge in [-0.05, 0) is 61.2 Å². The number of carbonyl (C=O) groups excluding carboxylic acids is 2. The Morgan fingerprint density at radius 2 is 1.94 bits per heavy atom. The lowest BCUT2D eigenvalue weighted by Crippen LogP contribution is -2.30. The molecule has 2 aromatic carbocycles. The molecule has 1 aromatic heterocycles. The Balaban J connectivity index is 1.65. The van der Waals surface area contributed by atoms with Crippen molar-refractivity contribution in [2.45, 2.75) is 44.5 Å². The van der Waals surface area contributed by atoms with Crippen molar-refractivity contribution in [1.82, 2.24) is 14.9 Å². The summed E-state index contributed by atoms with van der Waals surface area (Å²) in [4.78, 5) is 43.5. The molecule has 0 aliphatic carbocycles. The van der Waals surface area contributed by atoms with Gasteiger partial charge in [0.05, 0.1) is 29.3 Å². The molecule has 0 bridgehead atoms. The highest BCUT2D eigenvalue weighted by atomic mass is 35.5. The summed E-state index contributed by atoms with van der Waals surface area (Å²) in [7, 11) is 0. The van der Waals surface area contributed by atoms with Crippen molar-refractivity contribution in [3.05, 3.63) is 69.0 Å². The number of hydrogen-bond acceptors (Lipinski definition) is 6. The number of benzene rings is 2. The average molecular weight is 514 g/mol. The van der Waals surface area contributed by atoms with Gasteiger partial charge in [0.1, 0.15) is 0 Å². The zero-order chi connectivity index (χ0) is 24.9. The lowest BCUT2D eigenvalue weighted by Gasteiger charge is -2.16. The van der Waals surface area contributed by atoms with E-state index in [2.05, 4.69) is 5.32 Å². The largest absolute Gasteiger partial charge is 0.376 e. The molecule has 4 rings (SSSR count). The van der Waals surface area contributed by atoms with E-state index in [0.717, 1.165) is 12.8 Å². The van der Waals surface area contributed by atoms with E-state index in [4.69, 9.17) is 21.3 Å². The van der Waals surface area contributed by atoms with Gasteiger partial charge in [0, 0.05) is 29.3 Å². The minimum absolute atomic E-state index is 0.0700. The van der Waals surface area contributed by atoms with Gasteiger partial charge in [0.15, 0.2) is 10.9 Å². The zero-order valence-electron chi connectivity index (χ0n) is 19.8. The summed E-state index contributed by atoms with van der Waals surface area (Å²) in [6, 6.07) is 11.6. The van der Waals surface area contributed by atoms with Crippen LogP contribution in [0.5, 0.6) is 0 Å². The number of thioether (sulfide) groups is 1. The number of ketones is 1. The van der Waals surface area contributed by atoms with Crippen molar-refractivity contribution in [2.75, 3.05) is 18.9 Å². The van der Waals surface area contributed by atoms with Gasteiger partial charge in [0.2, 0.25) is 0 Å². The first-order chi connectivity index (χ1) is 16.8. The third-order valence-electron chi connectivity index (χ3n) is 5.76. The highest BCUT2D eigenvalue weighted by Crippen LogP contribution is 2.23. The molecule has 1 atom stereocenters. The van der Waals surface area contributed by atoms with Crippen LogP contribution in [-0.4, -0.2) is 46.2 Å². The fourth-order valence-corrected chi connectivity index (χ4v) is 4.88. The molecule has 1 amide bonds. The summed E-state index contributed by atoms with van der Waals surface area (Å²) in [6.45, 7) is 5.64. The molecule has 9 heteroatoms. The summed E-state index contributed by atoms with van der Waals surface area (Å²) >= 11 is 7.14. The molecule has 0 spiro atoms. The number of nitrogens with zero attached hydrogens (tertiary/aromatic N) is 2. The number of rotatable bonds is 9. The molecule has 1 fully saturated rings. The highest BCUT2D eigenvalue weighted by Gasteiger charge is 2.21. The summed E-state index contributed by atoms with van der Waals surface area (Å²) in [5.41, 5.74) is 1.20. The molecule has 0 saturated carbocycles. The van der Waals surface area contributed by atoms with E-state index < -0.39 is 0 Å². The molecule has 35 heavy (non-hydrogen) atoms. The number of Topliss-reactive ketones (excluding diaryl/α,β-unsaturated/α-hetero) is 1. The van der Waals surface area contributed by atoms with Gasteiger partial charge >= 0.3 is 0 Å². The Hall–Kier alpha value is -2.68. The molecule has 1 aliphatic heterocycles. The first kappa shape index (κ1) is 25.4. The Bertz CT molecular complexity index is 1280. The van der Waals surface area contributed by atoms with Crippen LogP contribution in [0.15, 0.2) is 52.4 Å². The van der Waals surface area contributed by atoms with Crippen molar-refractivity contribution >= 4 is 46.0 Å². The van der Waals surface area contributed by atoms with Gasteiger partial charge in [-0.25, -0.2) is 4.98 Å². The van der Waals surface area contributed by atoms with E-state index in [1.54, 1.807) is 47.0 Å². The maximum absolute atomic E-state index is 13.4. The molecule has 2 heterocycles. The molecule has 1 N–H and O–H groups in total. The normalized spacial score (nSPS) is 15.6. The number of amides is 1. The second-order valence-corrected chi connectivity index (χ2v) is 10.4. The van der Waals surface area contributed by atoms with Crippen LogP contribution in [0.1, 0.15) is 47.4 Å². The van der Waals surface area contributed by atoms with Crippen LogP contribution in [0.2, 0.25) is 5.02 Å². The van der Waals surface area contributed by atoms with Crippen molar-refractivity contribution < 1.29 is 14.3 Å². The van der Waals surface area contributed by atoms with Gasteiger partial charge in [-0.1, -0.05) is 37.2 Å². The summed E-state index contributed by atoms with van der Waals surface area (Å²) in [6.07, 6.45) is 1.75. The number of halogens is 1. The van der Waals surface area contributed by atoms with Crippen LogP contribution in [-0.2, 0) is 11.3 Å². The minimum atomic E-state index is -0.210. The van der Waals surface area contributed by atoms with Crippen LogP contribution in [0, 0.1) is 5.92 Å².